The molecule has 15 heavy (non-hydrogen) atoms. The normalized spacial score (nSPS) is 30.5. The summed E-state index contributed by atoms with van der Waals surface area (Å²) in [4.78, 5) is 0. The van der Waals surface area contributed by atoms with Gasteiger partial charge in [-0.15, -0.1) is 0 Å². The van der Waals surface area contributed by atoms with E-state index >= 15 is 0 Å². The molecule has 0 fully saturated rings. The van der Waals surface area contributed by atoms with Crippen molar-refractivity contribution in [3.63, 3.8) is 0 Å². The van der Waals surface area contributed by atoms with E-state index < -0.39 is 0 Å². The fourth-order valence-corrected chi connectivity index (χ4v) is 1.83. The van der Waals surface area contributed by atoms with Crippen LogP contribution in [0.3, 0.4) is 0 Å². The molecule has 2 heteroatoms. The predicted octanol–water partition coefficient (Wildman–Crippen LogP) is 2.34. The van der Waals surface area contributed by atoms with Gasteiger partial charge in [-0.1, -0.05) is 46.8 Å². The Morgan fingerprint density at radius 3 is 2.53 bits per heavy atom. The first kappa shape index (κ1) is 12.7. The van der Waals surface area contributed by atoms with Gasteiger partial charge in [-0.2, -0.15) is 0 Å². The van der Waals surface area contributed by atoms with E-state index in [9.17, 15) is 5.11 Å². The van der Waals surface area contributed by atoms with E-state index in [4.69, 9.17) is 0 Å². The summed E-state index contributed by atoms with van der Waals surface area (Å²) < 4.78 is 0. The highest BCUT2D eigenvalue weighted by Crippen LogP contribution is 2.32. The monoisotopic (exact) mass is 211 g/mol. The summed E-state index contributed by atoms with van der Waals surface area (Å²) in [5.74, 6) is 0. The van der Waals surface area contributed by atoms with Crippen LogP contribution < -0.4 is 5.32 Å². The molecule has 2 nitrogen and oxygen atoms in total. The van der Waals surface area contributed by atoms with Crippen LogP contribution in [0.5, 0.6) is 0 Å². The summed E-state index contributed by atoms with van der Waals surface area (Å²) in [5.41, 5.74) is 0.249. The van der Waals surface area contributed by atoms with Gasteiger partial charge >= 0.3 is 0 Å². The number of allylic oxidation sites excluding steroid dienone is 1. The van der Waals surface area contributed by atoms with Crippen LogP contribution in [0.4, 0.5) is 0 Å². The standard InChI is InChI=1S/C13H25NO/c1-12(2,3)9-14-10-7-6-8-13(4,5)11(10)15/h6-7,10-11,14-15H,8-9H2,1-5H3. The summed E-state index contributed by atoms with van der Waals surface area (Å²) in [5, 5.41) is 13.6. The molecule has 0 amide bonds. The maximum Gasteiger partial charge on any atom is 0.0782 e. The third kappa shape index (κ3) is 3.62. The maximum atomic E-state index is 10.2. The molecule has 1 rings (SSSR count). The summed E-state index contributed by atoms with van der Waals surface area (Å²) in [6.07, 6.45) is 4.95. The number of nitrogens with one attached hydrogen (secondary N) is 1. The van der Waals surface area contributed by atoms with Gasteiger partial charge in [0.2, 0.25) is 0 Å². The van der Waals surface area contributed by atoms with Crippen molar-refractivity contribution in [1.82, 2.24) is 5.32 Å². The van der Waals surface area contributed by atoms with Gasteiger partial charge in [0.05, 0.1) is 12.1 Å². The van der Waals surface area contributed by atoms with Crippen LogP contribution in [0.15, 0.2) is 12.2 Å². The van der Waals surface area contributed by atoms with Crippen molar-refractivity contribution in [1.29, 1.82) is 0 Å². The van der Waals surface area contributed by atoms with Crippen LogP contribution in [0.1, 0.15) is 41.0 Å². The van der Waals surface area contributed by atoms with E-state index in [1.165, 1.54) is 0 Å². The topological polar surface area (TPSA) is 32.3 Å². The maximum absolute atomic E-state index is 10.2. The molecule has 0 aromatic heterocycles. The van der Waals surface area contributed by atoms with E-state index in [0.717, 1.165) is 13.0 Å². The quantitative estimate of drug-likeness (QED) is 0.687. The van der Waals surface area contributed by atoms with Crippen molar-refractivity contribution < 1.29 is 5.11 Å². The SMILES string of the molecule is CC(C)(C)CNC1C=CCC(C)(C)C1O. The van der Waals surface area contributed by atoms with Gasteiger partial charge in [0.25, 0.3) is 0 Å². The van der Waals surface area contributed by atoms with Crippen molar-refractivity contribution in [3.8, 4) is 0 Å². The molecule has 0 aliphatic heterocycles. The second kappa shape index (κ2) is 4.26. The zero-order valence-corrected chi connectivity index (χ0v) is 10.7. The van der Waals surface area contributed by atoms with E-state index in [0.29, 0.717) is 0 Å². The van der Waals surface area contributed by atoms with E-state index in [-0.39, 0.29) is 23.0 Å². The van der Waals surface area contributed by atoms with Crippen molar-refractivity contribution >= 4 is 0 Å². The molecule has 0 saturated heterocycles. The minimum Gasteiger partial charge on any atom is -0.391 e. The Bertz CT molecular complexity index is 237. The zero-order chi connectivity index (χ0) is 11.7. The van der Waals surface area contributed by atoms with Gasteiger partial charge in [0, 0.05) is 6.54 Å². The van der Waals surface area contributed by atoms with Crippen LogP contribution in [0.2, 0.25) is 0 Å². The summed E-state index contributed by atoms with van der Waals surface area (Å²) >= 11 is 0. The van der Waals surface area contributed by atoms with Gasteiger partial charge in [-0.05, 0) is 17.3 Å². The third-order valence-corrected chi connectivity index (χ3v) is 3.00. The first-order valence-electron chi connectivity index (χ1n) is 5.80. The highest BCUT2D eigenvalue weighted by Gasteiger charge is 2.35. The van der Waals surface area contributed by atoms with Gasteiger partial charge in [0.1, 0.15) is 0 Å². The van der Waals surface area contributed by atoms with Gasteiger partial charge in [-0.3, -0.25) is 0 Å². The summed E-state index contributed by atoms with van der Waals surface area (Å²) in [6, 6.07) is 0.105. The fourth-order valence-electron chi connectivity index (χ4n) is 1.83. The lowest BCUT2D eigenvalue weighted by Gasteiger charge is -2.38. The minimum atomic E-state index is -0.287. The number of hydrogen-bond donors (Lipinski definition) is 2. The van der Waals surface area contributed by atoms with Gasteiger partial charge in [0.15, 0.2) is 0 Å². The minimum absolute atomic E-state index is 0.00962. The molecule has 0 saturated carbocycles. The molecule has 2 atom stereocenters. The largest absolute Gasteiger partial charge is 0.391 e. The zero-order valence-electron chi connectivity index (χ0n) is 10.7. The Labute approximate surface area is 93.8 Å². The molecule has 88 valence electrons. The Kier molecular flexibility index (Phi) is 3.62. The lowest BCUT2D eigenvalue weighted by Crippen LogP contribution is -2.50. The number of aliphatic hydroxyl groups excluding tert-OH is 1. The fraction of sp³-hybridized carbons (Fsp3) is 0.846. The van der Waals surface area contributed by atoms with Crippen LogP contribution in [-0.4, -0.2) is 23.8 Å². The van der Waals surface area contributed by atoms with Crippen molar-refractivity contribution in [2.24, 2.45) is 10.8 Å². The van der Waals surface area contributed by atoms with Crippen molar-refractivity contribution in [3.05, 3.63) is 12.2 Å². The first-order chi connectivity index (χ1) is 6.72. The molecule has 0 spiro atoms. The Balaban J connectivity index is 2.56. The average Bonchev–Trinajstić information content (AvgIpc) is 2.06. The first-order valence-corrected chi connectivity index (χ1v) is 5.80. The second-order valence-corrected chi connectivity index (χ2v) is 6.53. The third-order valence-electron chi connectivity index (χ3n) is 3.00. The average molecular weight is 211 g/mol. The predicted molar refractivity (Wildman–Crippen MR) is 64.8 cm³/mol. The second-order valence-electron chi connectivity index (χ2n) is 6.53. The highest BCUT2D eigenvalue weighted by molar-refractivity contribution is 5.08. The molecule has 1 aliphatic rings. The summed E-state index contributed by atoms with van der Waals surface area (Å²) in [7, 11) is 0. The van der Waals surface area contributed by atoms with Crippen molar-refractivity contribution in [2.75, 3.05) is 6.54 Å². The molecule has 0 radical (unpaired) electrons. The molecule has 0 aromatic carbocycles. The van der Waals surface area contributed by atoms with Gasteiger partial charge < -0.3 is 10.4 Å². The van der Waals surface area contributed by atoms with Crippen LogP contribution in [0, 0.1) is 10.8 Å². The van der Waals surface area contributed by atoms with Crippen molar-refractivity contribution in [2.45, 2.75) is 53.2 Å². The van der Waals surface area contributed by atoms with E-state index in [1.807, 2.05) is 0 Å². The van der Waals surface area contributed by atoms with E-state index in [1.54, 1.807) is 0 Å². The Hall–Kier alpha value is -0.340. The van der Waals surface area contributed by atoms with E-state index in [2.05, 4.69) is 52.1 Å². The number of rotatable bonds is 2. The van der Waals surface area contributed by atoms with Crippen LogP contribution in [0.25, 0.3) is 0 Å². The smallest absolute Gasteiger partial charge is 0.0782 e. The van der Waals surface area contributed by atoms with Gasteiger partial charge in [-0.25, -0.2) is 0 Å². The molecule has 0 bridgehead atoms. The number of aliphatic hydroxyl groups is 1. The lowest BCUT2D eigenvalue weighted by molar-refractivity contribution is 0.0240. The molecular weight excluding hydrogens is 186 g/mol. The Morgan fingerprint density at radius 1 is 1.40 bits per heavy atom. The molecular formula is C13H25NO. The molecule has 2 unspecified atom stereocenters. The van der Waals surface area contributed by atoms with Crippen LogP contribution in [-0.2, 0) is 0 Å². The molecule has 1 aliphatic carbocycles. The molecule has 0 heterocycles. The highest BCUT2D eigenvalue weighted by atomic mass is 16.3. The summed E-state index contributed by atoms with van der Waals surface area (Å²) in [6.45, 7) is 11.8. The molecule has 2 N–H and O–H groups in total. The van der Waals surface area contributed by atoms with Crippen LogP contribution >= 0.6 is 0 Å². The lowest BCUT2D eigenvalue weighted by atomic mass is 9.76. The Morgan fingerprint density at radius 2 is 2.00 bits per heavy atom. The number of hydrogen-bond acceptors (Lipinski definition) is 2. The molecule has 0 aromatic rings.